The van der Waals surface area contributed by atoms with Gasteiger partial charge in [-0.15, -0.1) is 0 Å². The van der Waals surface area contributed by atoms with Gasteiger partial charge in [0.2, 0.25) is 15.9 Å². The van der Waals surface area contributed by atoms with Gasteiger partial charge in [0.25, 0.3) is 0 Å². The third kappa shape index (κ3) is 5.48. The van der Waals surface area contributed by atoms with E-state index in [-0.39, 0.29) is 48.6 Å². The number of carbonyl (C=O) groups is 1. The maximum absolute atomic E-state index is 13.3. The number of ether oxygens (including phenoxy) is 1. The van der Waals surface area contributed by atoms with Gasteiger partial charge in [0.1, 0.15) is 16.7 Å². The summed E-state index contributed by atoms with van der Waals surface area (Å²) in [7, 11) is -2.17. The summed E-state index contributed by atoms with van der Waals surface area (Å²) in [6.45, 7) is 3.69. The molecule has 1 N–H and O–H groups in total. The summed E-state index contributed by atoms with van der Waals surface area (Å²) in [5.74, 6) is -0.128. The minimum Gasteiger partial charge on any atom is -0.487 e. The lowest BCUT2D eigenvalue weighted by molar-refractivity contribution is -0.130. The van der Waals surface area contributed by atoms with Crippen molar-refractivity contribution < 1.29 is 23.1 Å². The van der Waals surface area contributed by atoms with Crippen molar-refractivity contribution >= 4 is 31.9 Å². The zero-order valence-corrected chi connectivity index (χ0v) is 20.7. The van der Waals surface area contributed by atoms with E-state index in [2.05, 4.69) is 20.9 Å². The zero-order valence-electron chi connectivity index (χ0n) is 18.3. The Bertz CT molecular complexity index is 1050. The Labute approximate surface area is 197 Å². The van der Waals surface area contributed by atoms with Crippen LogP contribution in [-0.2, 0) is 21.2 Å². The number of hydrogen-bond donors (Lipinski definition) is 1. The third-order valence-corrected chi connectivity index (χ3v) is 8.08. The van der Waals surface area contributed by atoms with Gasteiger partial charge in [-0.3, -0.25) is 9.78 Å². The molecule has 2 aromatic rings. The first-order valence-corrected chi connectivity index (χ1v) is 12.6. The Hall–Kier alpha value is -2.01. The molecule has 32 heavy (non-hydrogen) atoms. The Balaban J connectivity index is 1.89. The largest absolute Gasteiger partial charge is 0.487 e. The number of likely N-dealkylation sites (N-methyl/N-ethyl adjacent to an activating group) is 1. The first kappa shape index (κ1) is 24.6. The van der Waals surface area contributed by atoms with Crippen molar-refractivity contribution in [3.05, 3.63) is 52.8 Å². The molecule has 0 unspecified atom stereocenters. The lowest BCUT2D eigenvalue weighted by Gasteiger charge is -2.37. The van der Waals surface area contributed by atoms with Crippen molar-refractivity contribution in [2.45, 2.75) is 37.3 Å². The quantitative estimate of drug-likeness (QED) is 0.621. The first-order valence-electron chi connectivity index (χ1n) is 10.4. The van der Waals surface area contributed by atoms with Crippen LogP contribution in [0, 0.1) is 5.92 Å². The Morgan fingerprint density at radius 3 is 2.78 bits per heavy atom. The van der Waals surface area contributed by atoms with E-state index < -0.39 is 22.2 Å². The maximum Gasteiger partial charge on any atom is 0.247 e. The van der Waals surface area contributed by atoms with Crippen molar-refractivity contribution in [2.24, 2.45) is 5.92 Å². The first-order chi connectivity index (χ1) is 15.1. The van der Waals surface area contributed by atoms with Crippen LogP contribution in [0.5, 0.6) is 5.75 Å². The number of aliphatic hydroxyl groups excluding tert-OH is 1. The van der Waals surface area contributed by atoms with Crippen molar-refractivity contribution in [2.75, 3.05) is 26.7 Å². The standard InChI is InChI=1S/C22H28BrN3O5S/c1-15-12-26(16(2)14-27)32(29,30)21-8-7-17(23)10-19(21)31-20(15)13-25(3)22(28)11-18-6-4-5-9-24-18/h4-10,15-16,20,27H,11-14H2,1-3H3/t15-,16-,20+/m1/s1. The number of carbonyl (C=O) groups excluding carboxylic acids is 1. The van der Waals surface area contributed by atoms with Gasteiger partial charge in [-0.05, 0) is 37.3 Å². The van der Waals surface area contributed by atoms with E-state index >= 15 is 0 Å². The van der Waals surface area contributed by atoms with E-state index in [4.69, 9.17) is 4.74 Å². The molecule has 0 spiro atoms. The number of sulfonamides is 1. The highest BCUT2D eigenvalue weighted by molar-refractivity contribution is 9.10. The topological polar surface area (TPSA) is 100 Å². The molecule has 3 atom stereocenters. The number of amides is 1. The predicted molar refractivity (Wildman–Crippen MR) is 124 cm³/mol. The number of nitrogens with zero attached hydrogens (tertiary/aromatic N) is 3. The molecule has 1 aliphatic rings. The van der Waals surface area contributed by atoms with Gasteiger partial charge in [0.15, 0.2) is 0 Å². The molecular formula is C22H28BrN3O5S. The molecule has 174 valence electrons. The molecule has 0 fully saturated rings. The number of pyridine rings is 1. The van der Waals surface area contributed by atoms with Crippen molar-refractivity contribution in [3.63, 3.8) is 0 Å². The lowest BCUT2D eigenvalue weighted by Crippen LogP contribution is -2.50. The molecule has 1 amide bonds. The monoisotopic (exact) mass is 525 g/mol. The number of rotatable bonds is 6. The van der Waals surface area contributed by atoms with Crippen molar-refractivity contribution in [1.82, 2.24) is 14.2 Å². The molecule has 1 aromatic carbocycles. The molecule has 3 rings (SSSR count). The third-order valence-electron chi connectivity index (χ3n) is 5.57. The summed E-state index contributed by atoms with van der Waals surface area (Å²) in [4.78, 5) is 18.6. The number of hydrogen-bond acceptors (Lipinski definition) is 6. The zero-order chi connectivity index (χ0) is 23.5. The molecule has 8 nitrogen and oxygen atoms in total. The lowest BCUT2D eigenvalue weighted by atomic mass is 10.0. The second-order valence-electron chi connectivity index (χ2n) is 8.10. The van der Waals surface area contributed by atoms with E-state index in [1.807, 2.05) is 13.0 Å². The van der Waals surface area contributed by atoms with Gasteiger partial charge in [-0.1, -0.05) is 28.9 Å². The van der Waals surface area contributed by atoms with Crippen LogP contribution in [0.15, 0.2) is 52.0 Å². The number of aliphatic hydroxyl groups is 1. The average Bonchev–Trinajstić information content (AvgIpc) is 2.76. The van der Waals surface area contributed by atoms with E-state index in [9.17, 15) is 18.3 Å². The molecule has 0 saturated carbocycles. The molecule has 0 radical (unpaired) electrons. The number of halogens is 1. The van der Waals surface area contributed by atoms with Gasteiger partial charge in [-0.25, -0.2) is 8.42 Å². The summed E-state index contributed by atoms with van der Waals surface area (Å²) in [5.41, 5.74) is 0.680. The van der Waals surface area contributed by atoms with Crippen LogP contribution in [0.25, 0.3) is 0 Å². The van der Waals surface area contributed by atoms with Crippen LogP contribution in [-0.4, -0.2) is 72.5 Å². The van der Waals surface area contributed by atoms with Crippen LogP contribution in [0.1, 0.15) is 19.5 Å². The predicted octanol–water partition coefficient (Wildman–Crippen LogP) is 2.31. The van der Waals surface area contributed by atoms with E-state index in [0.29, 0.717) is 10.2 Å². The van der Waals surface area contributed by atoms with Crippen LogP contribution < -0.4 is 4.74 Å². The Morgan fingerprint density at radius 1 is 1.38 bits per heavy atom. The maximum atomic E-state index is 13.3. The van der Waals surface area contributed by atoms with Crippen LogP contribution in [0.3, 0.4) is 0 Å². The van der Waals surface area contributed by atoms with Crippen LogP contribution in [0.4, 0.5) is 0 Å². The molecule has 1 aliphatic heterocycles. The highest BCUT2D eigenvalue weighted by Crippen LogP contribution is 2.35. The van der Waals surface area contributed by atoms with Gasteiger partial charge < -0.3 is 14.7 Å². The second-order valence-corrected chi connectivity index (χ2v) is 10.9. The van der Waals surface area contributed by atoms with Crippen molar-refractivity contribution in [1.29, 1.82) is 0 Å². The minimum absolute atomic E-state index is 0.0420. The van der Waals surface area contributed by atoms with Crippen LogP contribution >= 0.6 is 15.9 Å². The molecule has 1 aromatic heterocycles. The SMILES string of the molecule is C[C@@H]1CN([C@H](C)CO)S(=O)(=O)c2ccc(Br)cc2O[C@H]1CN(C)C(=O)Cc1ccccn1. The highest BCUT2D eigenvalue weighted by atomic mass is 79.9. The second kappa shape index (κ2) is 10.3. The van der Waals surface area contributed by atoms with E-state index in [0.717, 1.165) is 0 Å². The summed E-state index contributed by atoms with van der Waals surface area (Å²) in [6, 6.07) is 9.59. The Morgan fingerprint density at radius 2 is 2.12 bits per heavy atom. The van der Waals surface area contributed by atoms with Gasteiger partial charge >= 0.3 is 0 Å². The van der Waals surface area contributed by atoms with Crippen molar-refractivity contribution in [3.8, 4) is 5.75 Å². The summed E-state index contributed by atoms with van der Waals surface area (Å²) >= 11 is 3.38. The normalized spacial score (nSPS) is 21.5. The summed E-state index contributed by atoms with van der Waals surface area (Å²) < 4.78 is 34.8. The fourth-order valence-corrected chi connectivity index (χ4v) is 5.75. The smallest absolute Gasteiger partial charge is 0.247 e. The summed E-state index contributed by atoms with van der Waals surface area (Å²) in [6.07, 6.45) is 1.36. The van der Waals surface area contributed by atoms with Crippen LogP contribution in [0.2, 0.25) is 0 Å². The van der Waals surface area contributed by atoms with Gasteiger partial charge in [0.05, 0.1) is 19.6 Å². The fraction of sp³-hybridized carbons (Fsp3) is 0.455. The summed E-state index contributed by atoms with van der Waals surface area (Å²) in [5, 5.41) is 9.68. The molecule has 0 aliphatic carbocycles. The molecule has 2 heterocycles. The van der Waals surface area contributed by atoms with Gasteiger partial charge in [-0.2, -0.15) is 4.31 Å². The highest BCUT2D eigenvalue weighted by Gasteiger charge is 2.38. The van der Waals surface area contributed by atoms with Gasteiger partial charge in [0, 0.05) is 41.9 Å². The number of benzene rings is 1. The minimum atomic E-state index is -3.87. The average molecular weight is 526 g/mol. The van der Waals surface area contributed by atoms with E-state index in [1.165, 1.54) is 10.4 Å². The molecular weight excluding hydrogens is 498 g/mol. The number of aromatic nitrogens is 1. The van der Waals surface area contributed by atoms with E-state index in [1.54, 1.807) is 49.3 Å². The Kier molecular flexibility index (Phi) is 7.92. The number of fused-ring (bicyclic) bond motifs is 1. The molecule has 0 bridgehead atoms. The molecule has 10 heteroatoms. The fourth-order valence-electron chi connectivity index (χ4n) is 3.58. The molecule has 0 saturated heterocycles.